The zero-order valence-electron chi connectivity index (χ0n) is 9.11. The SMILES string of the molecule is C[C@@H](O)C[NH2+]CC(=O)Nc1ccccc1Br. The zero-order valence-corrected chi connectivity index (χ0v) is 10.7. The van der Waals surface area contributed by atoms with Gasteiger partial charge in [0.1, 0.15) is 6.54 Å². The predicted octanol–water partition coefficient (Wildman–Crippen LogP) is 0.332. The van der Waals surface area contributed by atoms with Crippen molar-refractivity contribution in [1.29, 1.82) is 0 Å². The van der Waals surface area contributed by atoms with Crippen LogP contribution in [0, 0.1) is 0 Å². The molecule has 0 bridgehead atoms. The zero-order chi connectivity index (χ0) is 12.0. The second-order valence-electron chi connectivity index (χ2n) is 3.61. The van der Waals surface area contributed by atoms with Crippen molar-refractivity contribution in [3.63, 3.8) is 0 Å². The number of anilines is 1. The molecule has 0 spiro atoms. The summed E-state index contributed by atoms with van der Waals surface area (Å²) in [6.45, 7) is 2.54. The van der Waals surface area contributed by atoms with Crippen molar-refractivity contribution in [1.82, 2.24) is 0 Å². The van der Waals surface area contributed by atoms with Crippen molar-refractivity contribution in [3.05, 3.63) is 28.7 Å². The van der Waals surface area contributed by atoms with Crippen LogP contribution < -0.4 is 10.6 Å². The number of nitrogens with one attached hydrogen (secondary N) is 1. The van der Waals surface area contributed by atoms with Gasteiger partial charge in [-0.15, -0.1) is 0 Å². The van der Waals surface area contributed by atoms with Gasteiger partial charge in [-0.25, -0.2) is 0 Å². The summed E-state index contributed by atoms with van der Waals surface area (Å²) in [5.41, 5.74) is 0.762. The van der Waals surface area contributed by atoms with Gasteiger partial charge in [0.05, 0.1) is 11.8 Å². The van der Waals surface area contributed by atoms with Gasteiger partial charge in [0.15, 0.2) is 6.54 Å². The first-order valence-corrected chi connectivity index (χ1v) is 5.93. The first-order valence-electron chi connectivity index (χ1n) is 5.13. The normalized spacial score (nSPS) is 12.2. The summed E-state index contributed by atoms with van der Waals surface area (Å²) < 4.78 is 0.860. The van der Waals surface area contributed by atoms with Gasteiger partial charge >= 0.3 is 0 Å². The third kappa shape index (κ3) is 4.74. The van der Waals surface area contributed by atoms with Gasteiger partial charge in [-0.05, 0) is 35.0 Å². The summed E-state index contributed by atoms with van der Waals surface area (Å²) in [5.74, 6) is -0.0763. The van der Waals surface area contributed by atoms with Crippen LogP contribution >= 0.6 is 15.9 Å². The molecule has 1 amide bonds. The number of quaternary nitrogens is 1. The molecule has 0 fully saturated rings. The summed E-state index contributed by atoms with van der Waals surface area (Å²) in [5, 5.41) is 13.6. The molecule has 0 saturated carbocycles. The van der Waals surface area contributed by atoms with Crippen LogP contribution in [0.25, 0.3) is 0 Å². The Hall–Kier alpha value is -0.910. The molecule has 1 aromatic carbocycles. The van der Waals surface area contributed by atoms with E-state index >= 15 is 0 Å². The highest BCUT2D eigenvalue weighted by atomic mass is 79.9. The smallest absolute Gasteiger partial charge is 0.279 e. The summed E-state index contributed by atoms with van der Waals surface area (Å²) >= 11 is 3.35. The van der Waals surface area contributed by atoms with E-state index in [1.165, 1.54) is 0 Å². The predicted molar refractivity (Wildman–Crippen MR) is 66.1 cm³/mol. The van der Waals surface area contributed by atoms with Crippen LogP contribution in [0.3, 0.4) is 0 Å². The van der Waals surface area contributed by atoms with Crippen molar-refractivity contribution in [2.75, 3.05) is 18.4 Å². The van der Waals surface area contributed by atoms with Gasteiger partial charge < -0.3 is 15.7 Å². The summed E-state index contributed by atoms with van der Waals surface area (Å²) in [7, 11) is 0. The van der Waals surface area contributed by atoms with Gasteiger partial charge in [-0.2, -0.15) is 0 Å². The first-order chi connectivity index (χ1) is 7.59. The minimum atomic E-state index is -0.392. The Balaban J connectivity index is 2.37. The number of hydrogen-bond acceptors (Lipinski definition) is 2. The van der Waals surface area contributed by atoms with Crippen LogP contribution in [0.5, 0.6) is 0 Å². The maximum Gasteiger partial charge on any atom is 0.279 e. The number of halogens is 1. The highest BCUT2D eigenvalue weighted by Crippen LogP contribution is 2.20. The lowest BCUT2D eigenvalue weighted by Gasteiger charge is -2.07. The van der Waals surface area contributed by atoms with E-state index in [1.54, 1.807) is 12.2 Å². The van der Waals surface area contributed by atoms with Gasteiger partial charge in [-0.3, -0.25) is 4.79 Å². The quantitative estimate of drug-likeness (QED) is 0.731. The fraction of sp³-hybridized carbons (Fsp3) is 0.364. The molecule has 0 aliphatic heterocycles. The molecule has 5 heteroatoms. The number of carbonyl (C=O) groups is 1. The molecule has 0 radical (unpaired) electrons. The summed E-state index contributed by atoms with van der Waals surface area (Å²) in [6.07, 6.45) is -0.392. The van der Waals surface area contributed by atoms with E-state index in [9.17, 15) is 4.79 Å². The Morgan fingerprint density at radius 3 is 2.88 bits per heavy atom. The number of hydrogen-bond donors (Lipinski definition) is 3. The maximum atomic E-state index is 11.5. The molecule has 4 N–H and O–H groups in total. The Bertz CT molecular complexity index is 356. The van der Waals surface area contributed by atoms with E-state index in [0.717, 1.165) is 10.2 Å². The van der Waals surface area contributed by atoms with E-state index in [2.05, 4.69) is 21.2 Å². The van der Waals surface area contributed by atoms with Crippen LogP contribution in [0.1, 0.15) is 6.92 Å². The van der Waals surface area contributed by atoms with Gasteiger partial charge in [0, 0.05) is 4.47 Å². The molecule has 16 heavy (non-hydrogen) atoms. The second-order valence-corrected chi connectivity index (χ2v) is 4.46. The molecule has 0 aromatic heterocycles. The largest absolute Gasteiger partial charge is 0.388 e. The Morgan fingerprint density at radius 1 is 1.56 bits per heavy atom. The molecule has 0 aliphatic carbocycles. The second kappa shape index (κ2) is 6.62. The molecule has 1 rings (SSSR count). The van der Waals surface area contributed by atoms with Crippen LogP contribution in [0.15, 0.2) is 28.7 Å². The molecular formula is C11H16BrN2O2+. The number of rotatable bonds is 5. The molecule has 1 atom stereocenters. The maximum absolute atomic E-state index is 11.5. The fourth-order valence-electron chi connectivity index (χ4n) is 1.22. The van der Waals surface area contributed by atoms with Crippen molar-refractivity contribution < 1.29 is 15.2 Å². The van der Waals surface area contributed by atoms with Crippen molar-refractivity contribution in [3.8, 4) is 0 Å². The lowest BCUT2D eigenvalue weighted by Crippen LogP contribution is -2.88. The molecule has 0 saturated heterocycles. The van der Waals surface area contributed by atoms with E-state index < -0.39 is 6.10 Å². The Kier molecular flexibility index (Phi) is 5.45. The third-order valence-electron chi connectivity index (χ3n) is 1.99. The number of para-hydroxylation sites is 1. The molecule has 0 unspecified atom stereocenters. The van der Waals surface area contributed by atoms with Crippen LogP contribution in [0.2, 0.25) is 0 Å². The monoisotopic (exact) mass is 287 g/mol. The van der Waals surface area contributed by atoms with Crippen molar-refractivity contribution >= 4 is 27.5 Å². The molecule has 1 aromatic rings. The number of nitrogens with two attached hydrogens (primary N) is 1. The van der Waals surface area contributed by atoms with E-state index in [0.29, 0.717) is 13.1 Å². The molecule has 0 heterocycles. The van der Waals surface area contributed by atoms with Gasteiger partial charge in [0.2, 0.25) is 0 Å². The Labute approximate surface area is 103 Å². The number of benzene rings is 1. The fourth-order valence-corrected chi connectivity index (χ4v) is 1.60. The lowest BCUT2D eigenvalue weighted by molar-refractivity contribution is -0.649. The summed E-state index contributed by atoms with van der Waals surface area (Å²) in [4.78, 5) is 11.5. The first kappa shape index (κ1) is 13.2. The van der Waals surface area contributed by atoms with Crippen molar-refractivity contribution in [2.24, 2.45) is 0 Å². The van der Waals surface area contributed by atoms with Crippen molar-refractivity contribution in [2.45, 2.75) is 13.0 Å². The van der Waals surface area contributed by atoms with Gasteiger partial charge in [0.25, 0.3) is 5.91 Å². The highest BCUT2D eigenvalue weighted by Gasteiger charge is 2.07. The molecule has 4 nitrogen and oxygen atoms in total. The Morgan fingerprint density at radius 2 is 2.25 bits per heavy atom. The number of aliphatic hydroxyl groups excluding tert-OH is 1. The lowest BCUT2D eigenvalue weighted by atomic mass is 10.3. The number of amides is 1. The number of aliphatic hydroxyl groups is 1. The highest BCUT2D eigenvalue weighted by molar-refractivity contribution is 9.10. The van der Waals surface area contributed by atoms with E-state index in [1.807, 2.05) is 24.3 Å². The van der Waals surface area contributed by atoms with E-state index in [4.69, 9.17) is 5.11 Å². The topological polar surface area (TPSA) is 65.9 Å². The average molecular weight is 288 g/mol. The van der Waals surface area contributed by atoms with E-state index in [-0.39, 0.29) is 5.91 Å². The van der Waals surface area contributed by atoms with Crippen LogP contribution in [0.4, 0.5) is 5.69 Å². The third-order valence-corrected chi connectivity index (χ3v) is 2.68. The minimum Gasteiger partial charge on any atom is -0.388 e. The number of carbonyl (C=O) groups excluding carboxylic acids is 1. The standard InChI is InChI=1S/C11H15BrN2O2/c1-8(15)6-13-7-11(16)14-10-5-3-2-4-9(10)12/h2-5,8,13,15H,6-7H2,1H3,(H,14,16)/p+1/t8-/m1/s1. The molecule has 88 valence electrons. The minimum absolute atomic E-state index is 0.0763. The average Bonchev–Trinajstić information content (AvgIpc) is 2.21. The molecular weight excluding hydrogens is 272 g/mol. The summed E-state index contributed by atoms with van der Waals surface area (Å²) in [6, 6.07) is 7.45. The molecule has 0 aliphatic rings. The van der Waals surface area contributed by atoms with Crippen LogP contribution in [-0.2, 0) is 4.79 Å². The van der Waals surface area contributed by atoms with Gasteiger partial charge in [-0.1, -0.05) is 12.1 Å². The van der Waals surface area contributed by atoms with Crippen LogP contribution in [-0.4, -0.2) is 30.2 Å².